The average molecular weight is 191 g/mol. The summed E-state index contributed by atoms with van der Waals surface area (Å²) in [5.41, 5.74) is 0.814. The van der Waals surface area contributed by atoms with Crippen LogP contribution in [-0.4, -0.2) is 22.1 Å². The molecular formula is C9H9N3O2. The zero-order valence-corrected chi connectivity index (χ0v) is 7.67. The molecule has 0 spiro atoms. The first kappa shape index (κ1) is 8.83. The SMILES string of the molecule is COCc1ccnc(-c2cnco2)n1. The maximum Gasteiger partial charge on any atom is 0.197 e. The first-order chi connectivity index (χ1) is 6.90. The van der Waals surface area contributed by atoms with Gasteiger partial charge in [0.05, 0.1) is 18.5 Å². The summed E-state index contributed by atoms with van der Waals surface area (Å²) in [6.07, 6.45) is 4.59. The number of ether oxygens (including phenoxy) is 1. The molecule has 0 aliphatic heterocycles. The normalized spacial score (nSPS) is 10.4. The molecule has 2 aromatic rings. The molecule has 5 nitrogen and oxygen atoms in total. The fourth-order valence-electron chi connectivity index (χ4n) is 1.07. The van der Waals surface area contributed by atoms with Crippen LogP contribution in [0.5, 0.6) is 0 Å². The molecular weight excluding hydrogens is 182 g/mol. The highest BCUT2D eigenvalue weighted by Crippen LogP contribution is 2.12. The van der Waals surface area contributed by atoms with Gasteiger partial charge in [-0.1, -0.05) is 0 Å². The third-order valence-corrected chi connectivity index (χ3v) is 1.66. The number of hydrogen-bond acceptors (Lipinski definition) is 5. The molecule has 0 amide bonds. The minimum atomic E-state index is 0.462. The van der Waals surface area contributed by atoms with Crippen molar-refractivity contribution >= 4 is 0 Å². The van der Waals surface area contributed by atoms with E-state index in [0.29, 0.717) is 18.2 Å². The van der Waals surface area contributed by atoms with Gasteiger partial charge in [0.25, 0.3) is 0 Å². The molecule has 2 heterocycles. The average Bonchev–Trinajstić information content (AvgIpc) is 2.71. The van der Waals surface area contributed by atoms with Gasteiger partial charge in [-0.2, -0.15) is 0 Å². The summed E-state index contributed by atoms with van der Waals surface area (Å²) < 4.78 is 10.0. The van der Waals surface area contributed by atoms with Gasteiger partial charge in [0, 0.05) is 13.3 Å². The topological polar surface area (TPSA) is 61.0 Å². The number of nitrogens with zero attached hydrogens (tertiary/aromatic N) is 3. The highest BCUT2D eigenvalue weighted by atomic mass is 16.5. The highest BCUT2D eigenvalue weighted by Gasteiger charge is 2.05. The lowest BCUT2D eigenvalue weighted by Gasteiger charge is -1.99. The second kappa shape index (κ2) is 3.97. The van der Waals surface area contributed by atoms with Crippen molar-refractivity contribution in [2.75, 3.05) is 7.11 Å². The Morgan fingerprint density at radius 1 is 1.50 bits per heavy atom. The summed E-state index contributed by atoms with van der Waals surface area (Å²) in [5.74, 6) is 1.08. The van der Waals surface area contributed by atoms with Crippen molar-refractivity contribution in [3.8, 4) is 11.6 Å². The van der Waals surface area contributed by atoms with Gasteiger partial charge in [-0.3, -0.25) is 0 Å². The zero-order chi connectivity index (χ0) is 9.80. The number of oxazole rings is 1. The fourth-order valence-corrected chi connectivity index (χ4v) is 1.07. The van der Waals surface area contributed by atoms with E-state index in [2.05, 4.69) is 15.0 Å². The van der Waals surface area contributed by atoms with Crippen molar-refractivity contribution in [2.24, 2.45) is 0 Å². The van der Waals surface area contributed by atoms with E-state index in [1.54, 1.807) is 25.6 Å². The molecule has 14 heavy (non-hydrogen) atoms. The van der Waals surface area contributed by atoms with Crippen LogP contribution in [0.4, 0.5) is 0 Å². The smallest absolute Gasteiger partial charge is 0.197 e. The second-order valence-electron chi connectivity index (χ2n) is 2.67. The molecule has 0 N–H and O–H groups in total. The Labute approximate surface area is 80.8 Å². The fraction of sp³-hybridized carbons (Fsp3) is 0.222. The standard InChI is InChI=1S/C9H9N3O2/c1-13-5-7-2-3-11-9(12-7)8-4-10-6-14-8/h2-4,6H,5H2,1H3. The summed E-state index contributed by atoms with van der Waals surface area (Å²) in [6.45, 7) is 0.462. The third kappa shape index (κ3) is 1.77. The summed E-state index contributed by atoms with van der Waals surface area (Å²) in [5, 5.41) is 0. The van der Waals surface area contributed by atoms with Gasteiger partial charge < -0.3 is 9.15 Å². The van der Waals surface area contributed by atoms with Gasteiger partial charge in [-0.05, 0) is 6.07 Å². The maximum absolute atomic E-state index is 5.08. The van der Waals surface area contributed by atoms with E-state index in [4.69, 9.17) is 9.15 Å². The number of aromatic nitrogens is 3. The molecule has 0 aliphatic rings. The molecule has 0 bridgehead atoms. The first-order valence-electron chi connectivity index (χ1n) is 4.10. The van der Waals surface area contributed by atoms with Crippen LogP contribution in [0.3, 0.4) is 0 Å². The van der Waals surface area contributed by atoms with E-state index in [1.807, 2.05) is 0 Å². The molecule has 0 unspecified atom stereocenters. The van der Waals surface area contributed by atoms with Crippen LogP contribution < -0.4 is 0 Å². The van der Waals surface area contributed by atoms with Crippen molar-refractivity contribution in [1.29, 1.82) is 0 Å². The van der Waals surface area contributed by atoms with Crippen molar-refractivity contribution in [3.63, 3.8) is 0 Å². The largest absolute Gasteiger partial charge is 0.440 e. The number of rotatable bonds is 3. The lowest BCUT2D eigenvalue weighted by molar-refractivity contribution is 0.181. The molecule has 0 aliphatic carbocycles. The van der Waals surface area contributed by atoms with E-state index in [0.717, 1.165) is 5.69 Å². The van der Waals surface area contributed by atoms with E-state index in [-0.39, 0.29) is 0 Å². The van der Waals surface area contributed by atoms with Crippen LogP contribution in [0, 0.1) is 0 Å². The minimum Gasteiger partial charge on any atom is -0.440 e. The Balaban J connectivity index is 2.31. The Morgan fingerprint density at radius 3 is 3.14 bits per heavy atom. The molecule has 72 valence electrons. The van der Waals surface area contributed by atoms with Gasteiger partial charge >= 0.3 is 0 Å². The quantitative estimate of drug-likeness (QED) is 0.731. The lowest BCUT2D eigenvalue weighted by Crippen LogP contribution is -1.95. The molecule has 0 fully saturated rings. The molecule has 0 radical (unpaired) electrons. The number of hydrogen-bond donors (Lipinski definition) is 0. The zero-order valence-electron chi connectivity index (χ0n) is 7.67. The van der Waals surface area contributed by atoms with Gasteiger partial charge in [-0.15, -0.1) is 0 Å². The van der Waals surface area contributed by atoms with Gasteiger partial charge in [0.1, 0.15) is 0 Å². The van der Waals surface area contributed by atoms with Crippen molar-refractivity contribution < 1.29 is 9.15 Å². The van der Waals surface area contributed by atoms with Gasteiger partial charge in [-0.25, -0.2) is 15.0 Å². The van der Waals surface area contributed by atoms with Crippen LogP contribution in [0.1, 0.15) is 5.69 Å². The summed E-state index contributed by atoms with van der Waals surface area (Å²) in [4.78, 5) is 12.1. The maximum atomic E-state index is 5.08. The minimum absolute atomic E-state index is 0.462. The highest BCUT2D eigenvalue weighted by molar-refractivity contribution is 5.43. The molecule has 2 aromatic heterocycles. The molecule has 5 heteroatoms. The van der Waals surface area contributed by atoms with Crippen LogP contribution in [0.15, 0.2) is 29.3 Å². The van der Waals surface area contributed by atoms with Crippen LogP contribution in [-0.2, 0) is 11.3 Å². The van der Waals surface area contributed by atoms with Crippen LogP contribution in [0.25, 0.3) is 11.6 Å². The molecule has 0 atom stereocenters. The monoisotopic (exact) mass is 191 g/mol. The second-order valence-corrected chi connectivity index (χ2v) is 2.67. The molecule has 0 saturated heterocycles. The molecule has 0 saturated carbocycles. The Morgan fingerprint density at radius 2 is 2.43 bits per heavy atom. The van der Waals surface area contributed by atoms with E-state index < -0.39 is 0 Å². The Bertz CT molecular complexity index is 400. The third-order valence-electron chi connectivity index (χ3n) is 1.66. The summed E-state index contributed by atoms with van der Waals surface area (Å²) in [6, 6.07) is 1.80. The predicted molar refractivity (Wildman–Crippen MR) is 48.2 cm³/mol. The van der Waals surface area contributed by atoms with Crippen LogP contribution in [0.2, 0.25) is 0 Å². The van der Waals surface area contributed by atoms with Gasteiger partial charge in [0.2, 0.25) is 0 Å². The van der Waals surface area contributed by atoms with Crippen LogP contribution >= 0.6 is 0 Å². The Hall–Kier alpha value is -1.75. The Kier molecular flexibility index (Phi) is 2.51. The lowest BCUT2D eigenvalue weighted by atomic mass is 10.4. The number of methoxy groups -OCH3 is 1. The predicted octanol–water partition coefficient (Wildman–Crippen LogP) is 1.28. The van der Waals surface area contributed by atoms with Crippen molar-refractivity contribution in [2.45, 2.75) is 6.61 Å². The first-order valence-corrected chi connectivity index (χ1v) is 4.10. The van der Waals surface area contributed by atoms with Gasteiger partial charge in [0.15, 0.2) is 18.0 Å². The van der Waals surface area contributed by atoms with E-state index in [9.17, 15) is 0 Å². The molecule has 0 aromatic carbocycles. The van der Waals surface area contributed by atoms with E-state index in [1.165, 1.54) is 6.39 Å². The van der Waals surface area contributed by atoms with Crippen molar-refractivity contribution in [1.82, 2.24) is 15.0 Å². The molecule has 2 rings (SSSR count). The van der Waals surface area contributed by atoms with Crippen molar-refractivity contribution in [3.05, 3.63) is 30.5 Å². The summed E-state index contributed by atoms with van der Waals surface area (Å²) in [7, 11) is 1.62. The van der Waals surface area contributed by atoms with E-state index >= 15 is 0 Å². The summed E-state index contributed by atoms with van der Waals surface area (Å²) >= 11 is 0.